The van der Waals surface area contributed by atoms with Crippen molar-refractivity contribution in [3.05, 3.63) is 35.9 Å². The number of rotatable bonds is 7. The lowest BCUT2D eigenvalue weighted by Crippen LogP contribution is -2.42. The van der Waals surface area contributed by atoms with Gasteiger partial charge in [-0.1, -0.05) is 44.2 Å². The Hall–Kier alpha value is -1.68. The van der Waals surface area contributed by atoms with Crippen LogP contribution in [-0.4, -0.2) is 40.7 Å². The van der Waals surface area contributed by atoms with Gasteiger partial charge in [-0.15, -0.1) is 0 Å². The van der Waals surface area contributed by atoms with Gasteiger partial charge >= 0.3 is 0 Å². The monoisotopic (exact) mass is 288 g/mol. The zero-order valence-electron chi connectivity index (χ0n) is 12.9. The molecule has 0 aliphatic carbocycles. The molecule has 4 nitrogen and oxygen atoms in total. The minimum Gasteiger partial charge on any atom is -0.292 e. The van der Waals surface area contributed by atoms with E-state index in [1.807, 2.05) is 30.3 Å². The van der Waals surface area contributed by atoms with Crippen LogP contribution >= 0.6 is 0 Å². The second-order valence-electron chi connectivity index (χ2n) is 5.56. The summed E-state index contributed by atoms with van der Waals surface area (Å²) in [7, 11) is 0. The van der Waals surface area contributed by atoms with E-state index in [1.54, 1.807) is 0 Å². The molecule has 1 aromatic rings. The highest BCUT2D eigenvalue weighted by Crippen LogP contribution is 2.21. The Morgan fingerprint density at radius 2 is 1.71 bits per heavy atom. The summed E-state index contributed by atoms with van der Waals surface area (Å²) in [4.78, 5) is 28.3. The third kappa shape index (κ3) is 3.70. The quantitative estimate of drug-likeness (QED) is 0.724. The Balaban J connectivity index is 2.08. The molecule has 0 saturated carbocycles. The first-order chi connectivity index (χ1) is 10.2. The lowest BCUT2D eigenvalue weighted by atomic mass is 10.2. The van der Waals surface area contributed by atoms with Gasteiger partial charge in [0.05, 0.1) is 19.0 Å². The molecule has 114 valence electrons. The van der Waals surface area contributed by atoms with E-state index in [1.165, 1.54) is 4.90 Å². The number of hydrogen-bond donors (Lipinski definition) is 0. The highest BCUT2D eigenvalue weighted by Gasteiger charge is 2.41. The fourth-order valence-electron chi connectivity index (χ4n) is 2.88. The molecule has 1 heterocycles. The maximum Gasteiger partial charge on any atom is 0.247 e. The van der Waals surface area contributed by atoms with E-state index in [0.29, 0.717) is 13.0 Å². The summed E-state index contributed by atoms with van der Waals surface area (Å²) in [5.41, 5.74) is 0.998. The second kappa shape index (κ2) is 7.36. The summed E-state index contributed by atoms with van der Waals surface area (Å²) in [6.45, 7) is 6.34. The topological polar surface area (TPSA) is 40.6 Å². The predicted molar refractivity (Wildman–Crippen MR) is 82.6 cm³/mol. The number of likely N-dealkylation sites (tertiary alicyclic amines) is 1. The molecule has 1 fully saturated rings. The van der Waals surface area contributed by atoms with Crippen molar-refractivity contribution in [2.75, 3.05) is 13.1 Å². The van der Waals surface area contributed by atoms with E-state index in [0.717, 1.165) is 31.5 Å². The fraction of sp³-hybridized carbons (Fsp3) is 0.529. The van der Waals surface area contributed by atoms with Crippen LogP contribution in [0.1, 0.15) is 38.7 Å². The van der Waals surface area contributed by atoms with Gasteiger partial charge in [-0.2, -0.15) is 0 Å². The van der Waals surface area contributed by atoms with Gasteiger partial charge in [-0.3, -0.25) is 19.4 Å². The molecule has 0 spiro atoms. The first kappa shape index (κ1) is 15.7. The van der Waals surface area contributed by atoms with Crippen molar-refractivity contribution < 1.29 is 9.59 Å². The lowest BCUT2D eigenvalue weighted by molar-refractivity contribution is -0.140. The minimum absolute atomic E-state index is 0.0363. The summed E-state index contributed by atoms with van der Waals surface area (Å²) in [5.74, 6) is -0.0863. The van der Waals surface area contributed by atoms with Gasteiger partial charge in [0.15, 0.2) is 0 Å². The van der Waals surface area contributed by atoms with E-state index in [4.69, 9.17) is 0 Å². The molecule has 1 aromatic carbocycles. The Morgan fingerprint density at radius 3 is 2.29 bits per heavy atom. The van der Waals surface area contributed by atoms with E-state index in [2.05, 4.69) is 18.7 Å². The molecule has 1 saturated heterocycles. The first-order valence-corrected chi connectivity index (χ1v) is 7.79. The summed E-state index contributed by atoms with van der Waals surface area (Å²) in [6, 6.07) is 9.43. The molecule has 0 bridgehead atoms. The molecule has 1 aliphatic rings. The zero-order chi connectivity index (χ0) is 15.2. The highest BCUT2D eigenvalue weighted by molar-refractivity contribution is 6.05. The van der Waals surface area contributed by atoms with E-state index >= 15 is 0 Å². The second-order valence-corrected chi connectivity index (χ2v) is 5.56. The van der Waals surface area contributed by atoms with Gasteiger partial charge in [-0.05, 0) is 31.5 Å². The molecule has 1 aliphatic heterocycles. The average Bonchev–Trinajstić information content (AvgIpc) is 2.76. The zero-order valence-corrected chi connectivity index (χ0v) is 12.9. The number of imide groups is 1. The molecule has 0 aromatic heterocycles. The van der Waals surface area contributed by atoms with Crippen LogP contribution in [0.15, 0.2) is 30.3 Å². The van der Waals surface area contributed by atoms with Crippen LogP contribution in [0.25, 0.3) is 0 Å². The summed E-state index contributed by atoms with van der Waals surface area (Å²) >= 11 is 0. The van der Waals surface area contributed by atoms with Crippen LogP contribution in [-0.2, 0) is 16.1 Å². The number of carbonyl (C=O) groups excluding carboxylic acids is 2. The Kier molecular flexibility index (Phi) is 5.51. The molecule has 1 atom stereocenters. The smallest absolute Gasteiger partial charge is 0.247 e. The van der Waals surface area contributed by atoms with Gasteiger partial charge in [0.2, 0.25) is 11.8 Å². The largest absolute Gasteiger partial charge is 0.292 e. The maximum absolute atomic E-state index is 12.6. The van der Waals surface area contributed by atoms with Crippen molar-refractivity contribution in [3.8, 4) is 0 Å². The normalized spacial score (nSPS) is 18.8. The van der Waals surface area contributed by atoms with Gasteiger partial charge in [0.1, 0.15) is 0 Å². The maximum atomic E-state index is 12.6. The minimum atomic E-state index is -0.263. The Bertz CT molecular complexity index is 481. The van der Waals surface area contributed by atoms with Crippen molar-refractivity contribution in [3.63, 3.8) is 0 Å². The van der Waals surface area contributed by atoms with Gasteiger partial charge < -0.3 is 0 Å². The van der Waals surface area contributed by atoms with Crippen LogP contribution in [0.5, 0.6) is 0 Å². The van der Waals surface area contributed by atoms with E-state index in [-0.39, 0.29) is 17.9 Å². The van der Waals surface area contributed by atoms with Crippen LogP contribution in [0.2, 0.25) is 0 Å². The molecular formula is C17H24N2O2. The van der Waals surface area contributed by atoms with Crippen LogP contribution in [0.3, 0.4) is 0 Å². The third-order valence-corrected chi connectivity index (χ3v) is 3.87. The van der Waals surface area contributed by atoms with Crippen molar-refractivity contribution in [2.24, 2.45) is 0 Å². The summed E-state index contributed by atoms with van der Waals surface area (Å²) < 4.78 is 0. The first-order valence-electron chi connectivity index (χ1n) is 7.79. The standard InChI is InChI=1S/C17H24N2O2/c1-3-10-18(11-4-2)15-12-16(20)19(17(15)21)13-14-8-6-5-7-9-14/h5-9,15H,3-4,10-13H2,1-2H3/t15-/m0/s1. The summed E-state index contributed by atoms with van der Waals surface area (Å²) in [5, 5.41) is 0. The SMILES string of the molecule is CCCN(CCC)[C@H]1CC(=O)N(Cc2ccccc2)C1=O. The number of amides is 2. The van der Waals surface area contributed by atoms with Crippen molar-refractivity contribution in [1.29, 1.82) is 0 Å². The third-order valence-electron chi connectivity index (χ3n) is 3.87. The molecule has 2 rings (SSSR count). The summed E-state index contributed by atoms with van der Waals surface area (Å²) in [6.07, 6.45) is 2.32. The Morgan fingerprint density at radius 1 is 1.10 bits per heavy atom. The van der Waals surface area contributed by atoms with E-state index < -0.39 is 0 Å². The molecule has 2 amide bonds. The van der Waals surface area contributed by atoms with Gasteiger partial charge in [0.25, 0.3) is 0 Å². The van der Waals surface area contributed by atoms with Crippen LogP contribution in [0.4, 0.5) is 0 Å². The van der Waals surface area contributed by atoms with Crippen molar-refractivity contribution in [2.45, 2.75) is 45.7 Å². The van der Waals surface area contributed by atoms with E-state index in [9.17, 15) is 9.59 Å². The Labute approximate surface area is 126 Å². The number of benzene rings is 1. The highest BCUT2D eigenvalue weighted by atomic mass is 16.2. The average molecular weight is 288 g/mol. The number of hydrogen-bond acceptors (Lipinski definition) is 3. The van der Waals surface area contributed by atoms with Gasteiger partial charge in [-0.25, -0.2) is 0 Å². The number of nitrogens with zero attached hydrogens (tertiary/aromatic N) is 2. The molecule has 0 unspecified atom stereocenters. The van der Waals surface area contributed by atoms with Crippen LogP contribution in [0, 0.1) is 0 Å². The van der Waals surface area contributed by atoms with Crippen molar-refractivity contribution >= 4 is 11.8 Å². The van der Waals surface area contributed by atoms with Crippen LogP contribution < -0.4 is 0 Å². The molecular weight excluding hydrogens is 264 g/mol. The molecule has 4 heteroatoms. The van der Waals surface area contributed by atoms with Crippen molar-refractivity contribution in [1.82, 2.24) is 9.80 Å². The molecule has 0 N–H and O–H groups in total. The van der Waals surface area contributed by atoms with Gasteiger partial charge in [0, 0.05) is 0 Å². The predicted octanol–water partition coefficient (Wildman–Crippen LogP) is 2.44. The number of carbonyl (C=O) groups is 2. The molecule has 21 heavy (non-hydrogen) atoms. The molecule has 0 radical (unpaired) electrons. The fourth-order valence-corrected chi connectivity index (χ4v) is 2.88. The lowest BCUT2D eigenvalue weighted by Gasteiger charge is -2.26.